The first kappa shape index (κ1) is 10.7. The smallest absolute Gasteiger partial charge is 0.311 e. The number of aliphatic carboxylic acids is 1. The van der Waals surface area contributed by atoms with Crippen molar-refractivity contribution in [1.29, 1.82) is 0 Å². The SMILES string of the molecule is CC(C)[C@H](C(=O)O)c1ccccc1F. The molecule has 1 aromatic rings. The van der Waals surface area contributed by atoms with Gasteiger partial charge in [0.25, 0.3) is 0 Å². The molecule has 0 aromatic heterocycles. The maximum Gasteiger partial charge on any atom is 0.311 e. The van der Waals surface area contributed by atoms with E-state index in [4.69, 9.17) is 5.11 Å². The van der Waals surface area contributed by atoms with Gasteiger partial charge in [0.15, 0.2) is 0 Å². The van der Waals surface area contributed by atoms with Gasteiger partial charge in [-0.3, -0.25) is 4.79 Å². The van der Waals surface area contributed by atoms with Crippen LogP contribution in [-0.2, 0) is 4.79 Å². The third-order valence-corrected chi connectivity index (χ3v) is 2.17. The van der Waals surface area contributed by atoms with Gasteiger partial charge in [0.2, 0.25) is 0 Å². The first-order valence-electron chi connectivity index (χ1n) is 4.51. The third-order valence-electron chi connectivity index (χ3n) is 2.17. The second kappa shape index (κ2) is 4.22. The monoisotopic (exact) mass is 196 g/mol. The Balaban J connectivity index is 3.12. The molecule has 2 nitrogen and oxygen atoms in total. The molecule has 0 aliphatic heterocycles. The summed E-state index contributed by atoms with van der Waals surface area (Å²) in [6.45, 7) is 3.54. The first-order chi connectivity index (χ1) is 6.54. The van der Waals surface area contributed by atoms with Gasteiger partial charge >= 0.3 is 5.97 Å². The molecule has 76 valence electrons. The van der Waals surface area contributed by atoms with Crippen LogP contribution in [-0.4, -0.2) is 11.1 Å². The van der Waals surface area contributed by atoms with Crippen molar-refractivity contribution in [2.75, 3.05) is 0 Å². The lowest BCUT2D eigenvalue weighted by Gasteiger charge is -2.16. The zero-order valence-electron chi connectivity index (χ0n) is 8.20. The lowest BCUT2D eigenvalue weighted by Crippen LogP contribution is -2.18. The van der Waals surface area contributed by atoms with E-state index < -0.39 is 17.7 Å². The van der Waals surface area contributed by atoms with Crippen molar-refractivity contribution in [2.24, 2.45) is 5.92 Å². The minimum absolute atomic E-state index is 0.121. The van der Waals surface area contributed by atoms with E-state index in [-0.39, 0.29) is 11.5 Å². The molecule has 1 rings (SSSR count). The molecule has 0 spiro atoms. The number of benzene rings is 1. The highest BCUT2D eigenvalue weighted by Crippen LogP contribution is 2.26. The van der Waals surface area contributed by atoms with Crippen molar-refractivity contribution in [3.8, 4) is 0 Å². The van der Waals surface area contributed by atoms with Crippen molar-refractivity contribution >= 4 is 5.97 Å². The van der Waals surface area contributed by atoms with Crippen LogP contribution in [0.25, 0.3) is 0 Å². The average molecular weight is 196 g/mol. The molecule has 0 saturated heterocycles. The van der Waals surface area contributed by atoms with Crippen molar-refractivity contribution in [3.05, 3.63) is 35.6 Å². The third kappa shape index (κ3) is 2.10. The fraction of sp³-hybridized carbons (Fsp3) is 0.364. The number of halogens is 1. The summed E-state index contributed by atoms with van der Waals surface area (Å²) < 4.78 is 13.3. The van der Waals surface area contributed by atoms with E-state index in [9.17, 15) is 9.18 Å². The number of rotatable bonds is 3. The molecule has 14 heavy (non-hydrogen) atoms. The van der Waals surface area contributed by atoms with E-state index in [1.807, 2.05) is 0 Å². The Morgan fingerprint density at radius 3 is 2.36 bits per heavy atom. The van der Waals surface area contributed by atoms with Gasteiger partial charge in [0.1, 0.15) is 5.82 Å². The van der Waals surface area contributed by atoms with Crippen LogP contribution in [0, 0.1) is 11.7 Å². The molecule has 3 heteroatoms. The summed E-state index contributed by atoms with van der Waals surface area (Å²) in [7, 11) is 0. The summed E-state index contributed by atoms with van der Waals surface area (Å²) in [4.78, 5) is 10.9. The van der Waals surface area contributed by atoms with Crippen molar-refractivity contribution in [1.82, 2.24) is 0 Å². The van der Waals surface area contributed by atoms with Crippen LogP contribution >= 0.6 is 0 Å². The number of carboxylic acid groups (broad SMARTS) is 1. The highest BCUT2D eigenvalue weighted by atomic mass is 19.1. The normalized spacial score (nSPS) is 12.9. The van der Waals surface area contributed by atoms with Crippen LogP contribution in [0.5, 0.6) is 0 Å². The maximum atomic E-state index is 13.3. The molecule has 0 heterocycles. The van der Waals surface area contributed by atoms with Crippen LogP contribution < -0.4 is 0 Å². The van der Waals surface area contributed by atoms with Gasteiger partial charge in [0, 0.05) is 5.56 Å². The minimum Gasteiger partial charge on any atom is -0.481 e. The molecule has 1 atom stereocenters. The van der Waals surface area contributed by atoms with Crippen LogP contribution in [0.2, 0.25) is 0 Å². The first-order valence-corrected chi connectivity index (χ1v) is 4.51. The maximum absolute atomic E-state index is 13.3. The van der Waals surface area contributed by atoms with Crippen molar-refractivity contribution in [3.63, 3.8) is 0 Å². The molecule has 0 bridgehead atoms. The Hall–Kier alpha value is -1.38. The predicted octanol–water partition coefficient (Wildman–Crippen LogP) is 2.65. The standard InChI is InChI=1S/C11H13FO2/c1-7(2)10(11(13)14)8-5-3-4-6-9(8)12/h3-7,10H,1-2H3,(H,13,14)/t10-/m0/s1. The molecular weight excluding hydrogens is 183 g/mol. The Morgan fingerprint density at radius 2 is 1.93 bits per heavy atom. The van der Waals surface area contributed by atoms with E-state index >= 15 is 0 Å². The largest absolute Gasteiger partial charge is 0.481 e. The second-order valence-corrected chi connectivity index (χ2v) is 3.58. The lowest BCUT2D eigenvalue weighted by molar-refractivity contribution is -0.139. The summed E-state index contributed by atoms with van der Waals surface area (Å²) in [5, 5.41) is 8.95. The number of carbonyl (C=O) groups is 1. The minimum atomic E-state index is -0.981. The molecule has 0 aliphatic rings. The molecule has 0 unspecified atom stereocenters. The molecule has 1 aromatic carbocycles. The molecule has 1 N–H and O–H groups in total. The van der Waals surface area contributed by atoms with Gasteiger partial charge in [-0.1, -0.05) is 32.0 Å². The Kier molecular flexibility index (Phi) is 3.23. The predicted molar refractivity (Wildman–Crippen MR) is 51.6 cm³/mol. The van der Waals surface area contributed by atoms with Crippen molar-refractivity contribution < 1.29 is 14.3 Å². The van der Waals surface area contributed by atoms with E-state index in [2.05, 4.69) is 0 Å². The Bertz CT molecular complexity index is 334. The topological polar surface area (TPSA) is 37.3 Å². The molecular formula is C11H13FO2. The second-order valence-electron chi connectivity index (χ2n) is 3.58. The summed E-state index contributed by atoms with van der Waals surface area (Å²) in [6.07, 6.45) is 0. The van der Waals surface area contributed by atoms with E-state index in [0.29, 0.717) is 0 Å². The number of hydrogen-bond donors (Lipinski definition) is 1. The summed E-state index contributed by atoms with van der Waals surface area (Å²) in [5.41, 5.74) is 0.259. The summed E-state index contributed by atoms with van der Waals surface area (Å²) >= 11 is 0. The van der Waals surface area contributed by atoms with Gasteiger partial charge in [-0.2, -0.15) is 0 Å². The van der Waals surface area contributed by atoms with Crippen molar-refractivity contribution in [2.45, 2.75) is 19.8 Å². The highest BCUT2D eigenvalue weighted by molar-refractivity contribution is 5.76. The highest BCUT2D eigenvalue weighted by Gasteiger charge is 2.25. The van der Waals surface area contributed by atoms with E-state index in [1.54, 1.807) is 26.0 Å². The Labute approximate surface area is 82.4 Å². The lowest BCUT2D eigenvalue weighted by atomic mass is 9.88. The number of carboxylic acids is 1. The molecule has 0 radical (unpaired) electrons. The van der Waals surface area contributed by atoms with Gasteiger partial charge in [-0.25, -0.2) is 4.39 Å². The fourth-order valence-electron chi connectivity index (χ4n) is 1.50. The quantitative estimate of drug-likeness (QED) is 0.806. The zero-order chi connectivity index (χ0) is 10.7. The summed E-state index contributed by atoms with van der Waals surface area (Å²) in [6, 6.07) is 6.01. The van der Waals surface area contributed by atoms with Crippen LogP contribution in [0.15, 0.2) is 24.3 Å². The average Bonchev–Trinajstić information content (AvgIpc) is 2.07. The van der Waals surface area contributed by atoms with Crippen LogP contribution in [0.1, 0.15) is 25.3 Å². The van der Waals surface area contributed by atoms with E-state index in [1.165, 1.54) is 12.1 Å². The fourth-order valence-corrected chi connectivity index (χ4v) is 1.50. The molecule has 0 aliphatic carbocycles. The van der Waals surface area contributed by atoms with Gasteiger partial charge in [-0.05, 0) is 12.0 Å². The van der Waals surface area contributed by atoms with Crippen LogP contribution in [0.4, 0.5) is 4.39 Å². The Morgan fingerprint density at radius 1 is 1.36 bits per heavy atom. The van der Waals surface area contributed by atoms with Crippen LogP contribution in [0.3, 0.4) is 0 Å². The zero-order valence-corrected chi connectivity index (χ0v) is 8.20. The van der Waals surface area contributed by atoms with Gasteiger partial charge in [0.05, 0.1) is 5.92 Å². The molecule has 0 saturated carbocycles. The van der Waals surface area contributed by atoms with E-state index in [0.717, 1.165) is 0 Å². The van der Waals surface area contributed by atoms with Gasteiger partial charge < -0.3 is 5.11 Å². The summed E-state index contributed by atoms with van der Waals surface area (Å²) in [5.74, 6) is -2.32. The molecule has 0 fully saturated rings. The van der Waals surface area contributed by atoms with Gasteiger partial charge in [-0.15, -0.1) is 0 Å². The number of hydrogen-bond acceptors (Lipinski definition) is 1. The molecule has 0 amide bonds.